The van der Waals surface area contributed by atoms with Crippen LogP contribution in [0.15, 0.2) is 36.4 Å². The van der Waals surface area contributed by atoms with Crippen molar-refractivity contribution in [1.29, 1.82) is 0 Å². The van der Waals surface area contributed by atoms with Crippen LogP contribution in [0.1, 0.15) is 10.5 Å². The number of anilines is 1. The normalized spacial score (nSPS) is 10.2. The zero-order valence-corrected chi connectivity index (χ0v) is 9.48. The molecule has 4 nitrogen and oxygen atoms in total. The van der Waals surface area contributed by atoms with Crippen molar-refractivity contribution < 1.29 is 9.90 Å². The van der Waals surface area contributed by atoms with Crippen LogP contribution in [-0.4, -0.2) is 16.1 Å². The fourth-order valence-electron chi connectivity index (χ4n) is 1.49. The third kappa shape index (κ3) is 2.37. The first kappa shape index (κ1) is 11.4. The Labute approximate surface area is 103 Å². The van der Waals surface area contributed by atoms with Crippen molar-refractivity contribution in [2.24, 2.45) is 0 Å². The van der Waals surface area contributed by atoms with Gasteiger partial charge in [0.25, 0.3) is 0 Å². The molecule has 0 radical (unpaired) electrons. The van der Waals surface area contributed by atoms with E-state index in [1.165, 1.54) is 6.07 Å². The summed E-state index contributed by atoms with van der Waals surface area (Å²) in [7, 11) is 0. The van der Waals surface area contributed by atoms with Gasteiger partial charge in [-0.3, -0.25) is 0 Å². The monoisotopic (exact) mass is 248 g/mol. The molecular weight excluding hydrogens is 240 g/mol. The Balaban J connectivity index is 2.50. The summed E-state index contributed by atoms with van der Waals surface area (Å²) in [4.78, 5) is 14.5. The lowest BCUT2D eigenvalue weighted by Gasteiger charge is -2.06. The van der Waals surface area contributed by atoms with Gasteiger partial charge in [0.05, 0.1) is 0 Å². The molecule has 0 aliphatic rings. The molecule has 0 atom stereocenters. The predicted molar refractivity (Wildman–Crippen MR) is 66.1 cm³/mol. The average molecular weight is 249 g/mol. The van der Waals surface area contributed by atoms with Crippen molar-refractivity contribution in [3.63, 3.8) is 0 Å². The number of aromatic nitrogens is 1. The minimum absolute atomic E-state index is 0.0757. The summed E-state index contributed by atoms with van der Waals surface area (Å²) in [5, 5.41) is 9.36. The Kier molecular flexibility index (Phi) is 2.97. The zero-order valence-electron chi connectivity index (χ0n) is 8.72. The third-order valence-electron chi connectivity index (χ3n) is 2.28. The van der Waals surface area contributed by atoms with E-state index in [2.05, 4.69) is 4.98 Å². The van der Waals surface area contributed by atoms with E-state index in [-0.39, 0.29) is 11.5 Å². The maximum atomic E-state index is 10.7. The van der Waals surface area contributed by atoms with E-state index in [1.54, 1.807) is 24.3 Å². The van der Waals surface area contributed by atoms with E-state index in [9.17, 15) is 4.79 Å². The number of aromatic carboxylic acids is 1. The number of rotatable bonds is 2. The fourth-order valence-corrected chi connectivity index (χ4v) is 1.68. The Morgan fingerprint density at radius 3 is 2.65 bits per heavy atom. The summed E-state index contributed by atoms with van der Waals surface area (Å²) < 4.78 is 0. The van der Waals surface area contributed by atoms with Crippen molar-refractivity contribution in [3.8, 4) is 11.1 Å². The second kappa shape index (κ2) is 4.43. The lowest BCUT2D eigenvalue weighted by Crippen LogP contribution is -2.03. The van der Waals surface area contributed by atoms with Crippen LogP contribution < -0.4 is 5.73 Å². The van der Waals surface area contributed by atoms with Gasteiger partial charge in [0.15, 0.2) is 5.69 Å². The van der Waals surface area contributed by atoms with Crippen LogP contribution in [0.3, 0.4) is 0 Å². The van der Waals surface area contributed by atoms with E-state index in [0.717, 1.165) is 5.56 Å². The number of carboxylic acids is 1. The molecule has 1 aromatic carbocycles. The second-order valence-electron chi connectivity index (χ2n) is 3.44. The molecule has 1 heterocycles. The highest BCUT2D eigenvalue weighted by Gasteiger charge is 2.09. The van der Waals surface area contributed by atoms with Gasteiger partial charge in [0, 0.05) is 10.6 Å². The largest absolute Gasteiger partial charge is 0.477 e. The number of pyridine rings is 1. The molecule has 0 saturated carbocycles. The molecule has 3 N–H and O–H groups in total. The Morgan fingerprint density at radius 2 is 2.06 bits per heavy atom. The van der Waals surface area contributed by atoms with Gasteiger partial charge in [-0.15, -0.1) is 0 Å². The Hall–Kier alpha value is -2.07. The number of carboxylic acid groups (broad SMARTS) is 1. The number of halogens is 1. The Bertz CT molecular complexity index is 584. The summed E-state index contributed by atoms with van der Waals surface area (Å²) >= 11 is 5.87. The van der Waals surface area contributed by atoms with Crippen LogP contribution >= 0.6 is 11.6 Å². The van der Waals surface area contributed by atoms with Crippen molar-refractivity contribution in [3.05, 3.63) is 47.1 Å². The van der Waals surface area contributed by atoms with Gasteiger partial charge in [-0.25, -0.2) is 9.78 Å². The highest BCUT2D eigenvalue weighted by molar-refractivity contribution is 6.30. The summed E-state index contributed by atoms with van der Waals surface area (Å²) in [6, 6.07) is 10.2. The Morgan fingerprint density at radius 1 is 1.29 bits per heavy atom. The maximum absolute atomic E-state index is 10.7. The topological polar surface area (TPSA) is 76.2 Å². The molecule has 2 rings (SSSR count). The molecule has 0 unspecified atom stereocenters. The summed E-state index contributed by atoms with van der Waals surface area (Å²) in [5.41, 5.74) is 7.12. The SMILES string of the molecule is Nc1nc(C(=O)O)ccc1-c1cccc(Cl)c1. The van der Waals surface area contributed by atoms with Crippen molar-refractivity contribution in [2.75, 3.05) is 5.73 Å². The van der Waals surface area contributed by atoms with E-state index < -0.39 is 5.97 Å². The lowest BCUT2D eigenvalue weighted by atomic mass is 10.1. The number of nitrogens with zero attached hydrogens (tertiary/aromatic N) is 1. The van der Waals surface area contributed by atoms with Gasteiger partial charge in [0.2, 0.25) is 0 Å². The number of hydrogen-bond acceptors (Lipinski definition) is 3. The number of carbonyl (C=O) groups is 1. The molecule has 0 bridgehead atoms. The minimum atomic E-state index is -1.10. The van der Waals surface area contributed by atoms with Crippen LogP contribution in [0.2, 0.25) is 5.02 Å². The molecule has 86 valence electrons. The minimum Gasteiger partial charge on any atom is -0.477 e. The first-order valence-corrected chi connectivity index (χ1v) is 5.21. The van der Waals surface area contributed by atoms with Crippen LogP contribution in [-0.2, 0) is 0 Å². The maximum Gasteiger partial charge on any atom is 0.354 e. The molecule has 1 aromatic heterocycles. The van der Waals surface area contributed by atoms with Gasteiger partial charge >= 0.3 is 5.97 Å². The summed E-state index contributed by atoms with van der Waals surface area (Å²) in [5.74, 6) is -0.929. The fraction of sp³-hybridized carbons (Fsp3) is 0. The van der Waals surface area contributed by atoms with Gasteiger partial charge in [-0.2, -0.15) is 0 Å². The first-order chi connectivity index (χ1) is 8.08. The van der Waals surface area contributed by atoms with Crippen molar-refractivity contribution >= 4 is 23.4 Å². The summed E-state index contributed by atoms with van der Waals surface area (Å²) in [6.45, 7) is 0. The van der Waals surface area contributed by atoms with Gasteiger partial charge in [0.1, 0.15) is 5.82 Å². The quantitative estimate of drug-likeness (QED) is 0.857. The molecule has 0 saturated heterocycles. The third-order valence-corrected chi connectivity index (χ3v) is 2.51. The van der Waals surface area contributed by atoms with Gasteiger partial charge < -0.3 is 10.8 Å². The molecule has 5 heteroatoms. The molecule has 0 fully saturated rings. The standard InChI is InChI=1S/C12H9ClN2O2/c13-8-3-1-2-7(6-8)9-4-5-10(12(16)17)15-11(9)14/h1-6H,(H2,14,15)(H,16,17). The molecule has 0 aliphatic heterocycles. The molecule has 2 aromatic rings. The van der Waals surface area contributed by atoms with Crippen LogP contribution in [0, 0.1) is 0 Å². The zero-order chi connectivity index (χ0) is 12.4. The van der Waals surface area contributed by atoms with E-state index in [1.807, 2.05) is 6.07 Å². The molecule has 0 amide bonds. The van der Waals surface area contributed by atoms with Crippen LogP contribution in [0.4, 0.5) is 5.82 Å². The van der Waals surface area contributed by atoms with Gasteiger partial charge in [-0.05, 0) is 29.8 Å². The number of hydrogen-bond donors (Lipinski definition) is 2. The highest BCUT2D eigenvalue weighted by Crippen LogP contribution is 2.26. The number of nitrogens with two attached hydrogens (primary N) is 1. The van der Waals surface area contributed by atoms with E-state index >= 15 is 0 Å². The smallest absolute Gasteiger partial charge is 0.354 e. The molecule has 0 spiro atoms. The second-order valence-corrected chi connectivity index (χ2v) is 3.88. The molecule has 0 aliphatic carbocycles. The highest BCUT2D eigenvalue weighted by atomic mass is 35.5. The number of benzene rings is 1. The van der Waals surface area contributed by atoms with Crippen LogP contribution in [0.25, 0.3) is 11.1 Å². The van der Waals surface area contributed by atoms with Crippen molar-refractivity contribution in [2.45, 2.75) is 0 Å². The predicted octanol–water partition coefficient (Wildman–Crippen LogP) is 2.68. The average Bonchev–Trinajstić information content (AvgIpc) is 2.28. The molecule has 17 heavy (non-hydrogen) atoms. The lowest BCUT2D eigenvalue weighted by molar-refractivity contribution is 0.0690. The van der Waals surface area contributed by atoms with E-state index in [0.29, 0.717) is 10.6 Å². The van der Waals surface area contributed by atoms with Crippen molar-refractivity contribution in [1.82, 2.24) is 4.98 Å². The summed E-state index contributed by atoms with van der Waals surface area (Å²) in [6.07, 6.45) is 0. The molecular formula is C12H9ClN2O2. The number of nitrogen functional groups attached to an aromatic ring is 1. The van der Waals surface area contributed by atoms with E-state index in [4.69, 9.17) is 22.4 Å². The van der Waals surface area contributed by atoms with Crippen LogP contribution in [0.5, 0.6) is 0 Å². The first-order valence-electron chi connectivity index (χ1n) is 4.83. The van der Waals surface area contributed by atoms with Gasteiger partial charge in [-0.1, -0.05) is 23.7 Å².